The molecular formula is C15H33NO2. The van der Waals surface area contributed by atoms with Crippen LogP contribution in [0.5, 0.6) is 0 Å². The third-order valence-corrected chi connectivity index (χ3v) is 3.96. The first-order valence-electron chi connectivity index (χ1n) is 7.53. The molecule has 0 aliphatic carbocycles. The molecule has 0 aromatic heterocycles. The summed E-state index contributed by atoms with van der Waals surface area (Å²) in [6.45, 7) is 10.9. The number of unbranched alkanes of at least 4 members (excludes halogenated alkanes) is 4. The van der Waals surface area contributed by atoms with E-state index in [0.717, 1.165) is 13.0 Å². The molecule has 0 aromatic carbocycles. The van der Waals surface area contributed by atoms with Crippen LogP contribution < -0.4 is 0 Å². The van der Waals surface area contributed by atoms with Crippen molar-refractivity contribution in [3.05, 3.63) is 0 Å². The van der Waals surface area contributed by atoms with Crippen molar-refractivity contribution in [3.63, 3.8) is 0 Å². The molecule has 18 heavy (non-hydrogen) atoms. The second-order valence-electron chi connectivity index (χ2n) is 5.61. The van der Waals surface area contributed by atoms with Gasteiger partial charge in [-0.15, -0.1) is 0 Å². The summed E-state index contributed by atoms with van der Waals surface area (Å²) in [6.07, 6.45) is 5.52. The van der Waals surface area contributed by atoms with E-state index in [0.29, 0.717) is 0 Å². The predicted octanol–water partition coefficient (Wildman–Crippen LogP) is 2.80. The zero-order chi connectivity index (χ0) is 14.1. The minimum Gasteiger partial charge on any atom is -0.392 e. The molecule has 0 heterocycles. The van der Waals surface area contributed by atoms with E-state index in [1.807, 2.05) is 27.7 Å². The molecule has 0 aromatic rings. The van der Waals surface area contributed by atoms with Crippen LogP contribution in [0, 0.1) is 0 Å². The largest absolute Gasteiger partial charge is 0.392 e. The fourth-order valence-corrected chi connectivity index (χ4v) is 2.23. The van der Waals surface area contributed by atoms with Crippen molar-refractivity contribution < 1.29 is 10.2 Å². The molecule has 0 bridgehead atoms. The van der Waals surface area contributed by atoms with Gasteiger partial charge in [0.2, 0.25) is 0 Å². The Labute approximate surface area is 113 Å². The molecule has 110 valence electrons. The van der Waals surface area contributed by atoms with E-state index in [4.69, 9.17) is 0 Å². The Morgan fingerprint density at radius 2 is 1.22 bits per heavy atom. The molecular weight excluding hydrogens is 226 g/mol. The van der Waals surface area contributed by atoms with Gasteiger partial charge >= 0.3 is 0 Å². The summed E-state index contributed by atoms with van der Waals surface area (Å²) in [5.74, 6) is 0. The zero-order valence-electron chi connectivity index (χ0n) is 12.9. The van der Waals surface area contributed by atoms with Gasteiger partial charge in [0, 0.05) is 12.1 Å². The maximum absolute atomic E-state index is 9.74. The number of nitrogens with zero attached hydrogens (tertiary/aromatic N) is 1. The van der Waals surface area contributed by atoms with Crippen molar-refractivity contribution in [2.75, 3.05) is 6.54 Å². The Balaban J connectivity index is 4.22. The smallest absolute Gasteiger partial charge is 0.0664 e. The van der Waals surface area contributed by atoms with Gasteiger partial charge in [-0.25, -0.2) is 0 Å². The summed E-state index contributed by atoms with van der Waals surface area (Å²) < 4.78 is 0. The SMILES string of the molecule is CCCCCCCN(C(C)C(C)O)C(C)C(C)O. The molecule has 3 nitrogen and oxygen atoms in total. The number of hydrogen-bond donors (Lipinski definition) is 2. The molecule has 2 N–H and O–H groups in total. The molecule has 0 saturated heterocycles. The van der Waals surface area contributed by atoms with Gasteiger partial charge in [0.15, 0.2) is 0 Å². The van der Waals surface area contributed by atoms with E-state index >= 15 is 0 Å². The number of aliphatic hydroxyl groups is 2. The average molecular weight is 259 g/mol. The van der Waals surface area contributed by atoms with Crippen LogP contribution in [0.25, 0.3) is 0 Å². The van der Waals surface area contributed by atoms with Gasteiger partial charge in [0.05, 0.1) is 12.2 Å². The summed E-state index contributed by atoms with van der Waals surface area (Å²) in [5.41, 5.74) is 0. The summed E-state index contributed by atoms with van der Waals surface area (Å²) in [6, 6.07) is 0.196. The fourth-order valence-electron chi connectivity index (χ4n) is 2.23. The average Bonchev–Trinajstić information content (AvgIpc) is 2.32. The van der Waals surface area contributed by atoms with Crippen molar-refractivity contribution >= 4 is 0 Å². The standard InChI is InChI=1S/C15H33NO2/c1-6-7-8-9-10-11-16(12(2)14(4)17)13(3)15(5)18/h12-15,17-18H,6-11H2,1-5H3. The molecule has 0 spiro atoms. The van der Waals surface area contributed by atoms with Gasteiger partial charge < -0.3 is 10.2 Å². The van der Waals surface area contributed by atoms with Crippen LogP contribution in [-0.2, 0) is 0 Å². The molecule has 0 amide bonds. The number of rotatable bonds is 10. The highest BCUT2D eigenvalue weighted by atomic mass is 16.3. The first kappa shape index (κ1) is 17.9. The van der Waals surface area contributed by atoms with E-state index in [2.05, 4.69) is 11.8 Å². The van der Waals surface area contributed by atoms with Crippen LogP contribution in [0.1, 0.15) is 66.7 Å². The van der Waals surface area contributed by atoms with Crippen molar-refractivity contribution in [2.45, 2.75) is 91.0 Å². The molecule has 0 rings (SSSR count). The minimum absolute atomic E-state index is 0.0979. The summed E-state index contributed by atoms with van der Waals surface area (Å²) in [5, 5.41) is 19.5. The second-order valence-corrected chi connectivity index (χ2v) is 5.61. The van der Waals surface area contributed by atoms with Crippen LogP contribution in [0.15, 0.2) is 0 Å². The highest BCUT2D eigenvalue weighted by molar-refractivity contribution is 4.80. The molecule has 0 aliphatic rings. The van der Waals surface area contributed by atoms with Crippen molar-refractivity contribution in [3.8, 4) is 0 Å². The van der Waals surface area contributed by atoms with Crippen LogP contribution in [-0.4, -0.2) is 45.9 Å². The van der Waals surface area contributed by atoms with Crippen LogP contribution >= 0.6 is 0 Å². The summed E-state index contributed by atoms with van der Waals surface area (Å²) in [7, 11) is 0. The Bertz CT molecular complexity index is 181. The van der Waals surface area contributed by atoms with Crippen molar-refractivity contribution in [2.24, 2.45) is 0 Å². The maximum atomic E-state index is 9.74. The lowest BCUT2D eigenvalue weighted by molar-refractivity contribution is 0.00194. The van der Waals surface area contributed by atoms with Gasteiger partial charge in [-0.1, -0.05) is 32.6 Å². The zero-order valence-corrected chi connectivity index (χ0v) is 12.9. The van der Waals surface area contributed by atoms with Crippen LogP contribution in [0.4, 0.5) is 0 Å². The molecule has 0 radical (unpaired) electrons. The van der Waals surface area contributed by atoms with Gasteiger partial charge in [-0.3, -0.25) is 4.90 Å². The van der Waals surface area contributed by atoms with E-state index in [1.165, 1.54) is 25.7 Å². The summed E-state index contributed by atoms with van der Waals surface area (Å²) in [4.78, 5) is 2.24. The number of aliphatic hydroxyl groups excluding tert-OH is 2. The van der Waals surface area contributed by atoms with Gasteiger partial charge in [-0.2, -0.15) is 0 Å². The molecule has 3 heteroatoms. The summed E-state index contributed by atoms with van der Waals surface area (Å²) >= 11 is 0. The normalized spacial score (nSPS) is 18.7. The minimum atomic E-state index is -0.359. The fraction of sp³-hybridized carbons (Fsp3) is 1.00. The van der Waals surface area contributed by atoms with E-state index < -0.39 is 0 Å². The molecule has 4 unspecified atom stereocenters. The van der Waals surface area contributed by atoms with Crippen LogP contribution in [0.2, 0.25) is 0 Å². The van der Waals surface area contributed by atoms with Gasteiger partial charge in [0.25, 0.3) is 0 Å². The first-order chi connectivity index (χ1) is 8.41. The predicted molar refractivity (Wildman–Crippen MR) is 77.8 cm³/mol. The Morgan fingerprint density at radius 1 is 0.778 bits per heavy atom. The maximum Gasteiger partial charge on any atom is 0.0664 e. The third-order valence-electron chi connectivity index (χ3n) is 3.96. The van der Waals surface area contributed by atoms with Crippen LogP contribution in [0.3, 0.4) is 0 Å². The Hall–Kier alpha value is -0.120. The lowest BCUT2D eigenvalue weighted by atomic mass is 10.1. The van der Waals surface area contributed by atoms with E-state index in [1.54, 1.807) is 0 Å². The lowest BCUT2D eigenvalue weighted by Crippen LogP contribution is -2.49. The molecule has 0 aliphatic heterocycles. The Morgan fingerprint density at radius 3 is 1.61 bits per heavy atom. The second kappa shape index (κ2) is 9.76. The quantitative estimate of drug-likeness (QED) is 0.593. The lowest BCUT2D eigenvalue weighted by Gasteiger charge is -2.37. The first-order valence-corrected chi connectivity index (χ1v) is 7.53. The number of hydrogen-bond acceptors (Lipinski definition) is 3. The molecule has 4 atom stereocenters. The molecule has 0 fully saturated rings. The van der Waals surface area contributed by atoms with Crippen molar-refractivity contribution in [1.82, 2.24) is 4.90 Å². The van der Waals surface area contributed by atoms with Crippen molar-refractivity contribution in [1.29, 1.82) is 0 Å². The van der Waals surface area contributed by atoms with Gasteiger partial charge in [0.1, 0.15) is 0 Å². The third kappa shape index (κ3) is 6.72. The highest BCUT2D eigenvalue weighted by Gasteiger charge is 2.25. The Kier molecular flexibility index (Phi) is 9.70. The monoisotopic (exact) mass is 259 g/mol. The van der Waals surface area contributed by atoms with Gasteiger partial charge in [-0.05, 0) is 40.7 Å². The molecule has 0 saturated carbocycles. The van der Waals surface area contributed by atoms with E-state index in [-0.39, 0.29) is 24.3 Å². The van der Waals surface area contributed by atoms with E-state index in [9.17, 15) is 10.2 Å². The topological polar surface area (TPSA) is 43.7 Å². The highest BCUT2D eigenvalue weighted by Crippen LogP contribution is 2.14.